The number of allylic oxidation sites excluding steroid dienone is 3. The van der Waals surface area contributed by atoms with Crippen molar-refractivity contribution in [3.05, 3.63) is 22.8 Å². The summed E-state index contributed by atoms with van der Waals surface area (Å²) in [5.41, 5.74) is 2.74. The fourth-order valence-electron chi connectivity index (χ4n) is 1.32. The van der Waals surface area contributed by atoms with Gasteiger partial charge in [0.1, 0.15) is 0 Å². The summed E-state index contributed by atoms with van der Waals surface area (Å²) in [6.45, 7) is 3.88. The first-order valence-corrected chi connectivity index (χ1v) is 3.71. The normalized spacial score (nSPS) is 18.2. The molecule has 0 radical (unpaired) electrons. The van der Waals surface area contributed by atoms with Crippen molar-refractivity contribution in [1.82, 2.24) is 0 Å². The molecule has 11 heavy (non-hydrogen) atoms. The van der Waals surface area contributed by atoms with Gasteiger partial charge in [-0.25, -0.2) is 4.79 Å². The SMILES string of the molecule is CC1=CC(C)=C(C(=O)O)CC1. The highest BCUT2D eigenvalue weighted by Crippen LogP contribution is 2.23. The summed E-state index contributed by atoms with van der Waals surface area (Å²) in [6.07, 6.45) is 3.52. The van der Waals surface area contributed by atoms with Crippen molar-refractivity contribution in [2.24, 2.45) is 0 Å². The zero-order chi connectivity index (χ0) is 8.43. The molecule has 0 amide bonds. The summed E-state index contributed by atoms with van der Waals surface area (Å²) >= 11 is 0. The van der Waals surface area contributed by atoms with Gasteiger partial charge in [-0.3, -0.25) is 0 Å². The molecule has 0 bridgehead atoms. The zero-order valence-corrected chi connectivity index (χ0v) is 6.85. The summed E-state index contributed by atoms with van der Waals surface area (Å²) in [5.74, 6) is -0.772. The summed E-state index contributed by atoms with van der Waals surface area (Å²) < 4.78 is 0. The highest BCUT2D eigenvalue weighted by Gasteiger charge is 2.13. The predicted octanol–water partition coefficient (Wildman–Crippen LogP) is 2.13. The molecule has 0 aromatic rings. The van der Waals surface area contributed by atoms with Gasteiger partial charge >= 0.3 is 5.97 Å². The van der Waals surface area contributed by atoms with E-state index in [2.05, 4.69) is 0 Å². The molecule has 1 aliphatic carbocycles. The Balaban J connectivity index is 2.95. The Kier molecular flexibility index (Phi) is 2.13. The molecule has 0 spiro atoms. The van der Waals surface area contributed by atoms with Crippen LogP contribution in [0.5, 0.6) is 0 Å². The Morgan fingerprint density at radius 1 is 1.45 bits per heavy atom. The van der Waals surface area contributed by atoms with E-state index in [4.69, 9.17) is 5.11 Å². The molecule has 0 aliphatic heterocycles. The van der Waals surface area contributed by atoms with E-state index in [0.717, 1.165) is 12.0 Å². The van der Waals surface area contributed by atoms with Crippen LogP contribution < -0.4 is 0 Å². The van der Waals surface area contributed by atoms with Gasteiger partial charge in [-0.05, 0) is 32.3 Å². The summed E-state index contributed by atoms with van der Waals surface area (Å²) in [6, 6.07) is 0. The van der Waals surface area contributed by atoms with Crippen molar-refractivity contribution in [3.63, 3.8) is 0 Å². The van der Waals surface area contributed by atoms with Crippen molar-refractivity contribution >= 4 is 5.97 Å². The lowest BCUT2D eigenvalue weighted by Crippen LogP contribution is -2.06. The van der Waals surface area contributed by atoms with Crippen molar-refractivity contribution in [3.8, 4) is 0 Å². The molecule has 2 nitrogen and oxygen atoms in total. The molecule has 0 aromatic heterocycles. The maximum absolute atomic E-state index is 10.6. The van der Waals surface area contributed by atoms with Crippen LogP contribution in [0.2, 0.25) is 0 Å². The Bertz CT molecular complexity index is 246. The van der Waals surface area contributed by atoms with Crippen molar-refractivity contribution < 1.29 is 9.90 Å². The van der Waals surface area contributed by atoms with Gasteiger partial charge in [0, 0.05) is 5.57 Å². The number of aliphatic carboxylic acids is 1. The van der Waals surface area contributed by atoms with Crippen LogP contribution in [-0.4, -0.2) is 11.1 Å². The Morgan fingerprint density at radius 2 is 2.09 bits per heavy atom. The summed E-state index contributed by atoms with van der Waals surface area (Å²) in [7, 11) is 0. The Hall–Kier alpha value is -1.05. The molecular weight excluding hydrogens is 140 g/mol. The number of hydrogen-bond acceptors (Lipinski definition) is 1. The van der Waals surface area contributed by atoms with Gasteiger partial charge in [-0.2, -0.15) is 0 Å². The van der Waals surface area contributed by atoms with Crippen LogP contribution in [0.4, 0.5) is 0 Å². The van der Waals surface area contributed by atoms with E-state index in [0.29, 0.717) is 12.0 Å². The van der Waals surface area contributed by atoms with Gasteiger partial charge in [0.25, 0.3) is 0 Å². The van der Waals surface area contributed by atoms with E-state index >= 15 is 0 Å². The molecule has 0 unspecified atom stereocenters. The smallest absolute Gasteiger partial charge is 0.331 e. The van der Waals surface area contributed by atoms with Gasteiger partial charge in [0.2, 0.25) is 0 Å². The van der Waals surface area contributed by atoms with Crippen LogP contribution in [0.15, 0.2) is 22.8 Å². The lowest BCUT2D eigenvalue weighted by atomic mass is 9.94. The molecule has 1 aliphatic rings. The Morgan fingerprint density at radius 3 is 2.55 bits per heavy atom. The van der Waals surface area contributed by atoms with Crippen LogP contribution in [0.25, 0.3) is 0 Å². The van der Waals surface area contributed by atoms with Crippen molar-refractivity contribution in [2.75, 3.05) is 0 Å². The summed E-state index contributed by atoms with van der Waals surface area (Å²) in [5, 5.41) is 8.71. The largest absolute Gasteiger partial charge is 0.478 e. The molecule has 0 aromatic carbocycles. The molecule has 0 saturated heterocycles. The van der Waals surface area contributed by atoms with E-state index in [-0.39, 0.29) is 0 Å². The predicted molar refractivity (Wildman–Crippen MR) is 43.3 cm³/mol. The molecule has 0 fully saturated rings. The van der Waals surface area contributed by atoms with E-state index < -0.39 is 5.97 Å². The zero-order valence-electron chi connectivity index (χ0n) is 6.85. The fraction of sp³-hybridized carbons (Fsp3) is 0.444. The van der Waals surface area contributed by atoms with E-state index in [9.17, 15) is 4.79 Å². The molecule has 0 atom stereocenters. The number of carboxylic acids is 1. The minimum absolute atomic E-state index is 0.565. The van der Waals surface area contributed by atoms with Crippen molar-refractivity contribution in [1.29, 1.82) is 0 Å². The third kappa shape index (κ3) is 1.70. The van der Waals surface area contributed by atoms with E-state index in [1.807, 2.05) is 19.9 Å². The number of hydrogen-bond donors (Lipinski definition) is 1. The topological polar surface area (TPSA) is 37.3 Å². The average Bonchev–Trinajstić information content (AvgIpc) is 1.85. The molecule has 60 valence electrons. The third-order valence-electron chi connectivity index (χ3n) is 1.97. The molecule has 0 saturated carbocycles. The summed E-state index contributed by atoms with van der Waals surface area (Å²) in [4.78, 5) is 10.6. The number of carbonyl (C=O) groups is 1. The van der Waals surface area contributed by atoms with Crippen LogP contribution in [-0.2, 0) is 4.79 Å². The maximum atomic E-state index is 10.6. The molecule has 2 heteroatoms. The molecule has 1 N–H and O–H groups in total. The van der Waals surface area contributed by atoms with Crippen molar-refractivity contribution in [2.45, 2.75) is 26.7 Å². The first kappa shape index (κ1) is 8.05. The van der Waals surface area contributed by atoms with Crippen LogP contribution in [0.3, 0.4) is 0 Å². The quantitative estimate of drug-likeness (QED) is 0.625. The third-order valence-corrected chi connectivity index (χ3v) is 1.97. The second-order valence-corrected chi connectivity index (χ2v) is 2.96. The second-order valence-electron chi connectivity index (χ2n) is 2.96. The van der Waals surface area contributed by atoms with Gasteiger partial charge in [0.05, 0.1) is 0 Å². The second kappa shape index (κ2) is 2.91. The fourth-order valence-corrected chi connectivity index (χ4v) is 1.32. The average molecular weight is 152 g/mol. The van der Waals surface area contributed by atoms with Gasteiger partial charge in [0.15, 0.2) is 0 Å². The maximum Gasteiger partial charge on any atom is 0.331 e. The monoisotopic (exact) mass is 152 g/mol. The molecule has 1 rings (SSSR count). The lowest BCUT2D eigenvalue weighted by molar-refractivity contribution is -0.132. The number of carboxylic acid groups (broad SMARTS) is 1. The van der Waals surface area contributed by atoms with Crippen LogP contribution in [0, 0.1) is 0 Å². The Labute approximate surface area is 66.2 Å². The first-order valence-electron chi connectivity index (χ1n) is 3.71. The minimum Gasteiger partial charge on any atom is -0.478 e. The van der Waals surface area contributed by atoms with E-state index in [1.165, 1.54) is 5.57 Å². The lowest BCUT2D eigenvalue weighted by Gasteiger charge is -2.11. The van der Waals surface area contributed by atoms with Crippen LogP contribution >= 0.6 is 0 Å². The van der Waals surface area contributed by atoms with Gasteiger partial charge in [-0.15, -0.1) is 0 Å². The molecule has 0 heterocycles. The first-order chi connectivity index (χ1) is 5.11. The highest BCUT2D eigenvalue weighted by atomic mass is 16.4. The van der Waals surface area contributed by atoms with Crippen LogP contribution in [0.1, 0.15) is 26.7 Å². The van der Waals surface area contributed by atoms with E-state index in [1.54, 1.807) is 0 Å². The number of rotatable bonds is 1. The standard InChI is InChI=1S/C9H12O2/c1-6-3-4-8(9(10)11)7(2)5-6/h5H,3-4H2,1-2H3,(H,10,11). The van der Waals surface area contributed by atoms with Gasteiger partial charge in [-0.1, -0.05) is 11.6 Å². The van der Waals surface area contributed by atoms with Gasteiger partial charge < -0.3 is 5.11 Å². The minimum atomic E-state index is -0.772. The molecular formula is C9H12O2. The highest BCUT2D eigenvalue weighted by molar-refractivity contribution is 5.88.